The summed E-state index contributed by atoms with van der Waals surface area (Å²) in [7, 11) is 3.11. The van der Waals surface area contributed by atoms with Crippen LogP contribution in [-0.4, -0.2) is 37.5 Å². The number of hydrogen-bond donors (Lipinski definition) is 1. The molecular formula is C21H26N2O3. The first-order chi connectivity index (χ1) is 12.4. The lowest BCUT2D eigenvalue weighted by Crippen LogP contribution is -2.28. The zero-order chi connectivity index (χ0) is 19.1. The van der Waals surface area contributed by atoms with Crippen molar-refractivity contribution in [3.05, 3.63) is 59.2 Å². The van der Waals surface area contributed by atoms with Crippen LogP contribution >= 0.6 is 0 Å². The van der Waals surface area contributed by atoms with Crippen LogP contribution in [0.5, 0.6) is 0 Å². The fraction of sp³-hybridized carbons (Fsp3) is 0.333. The highest BCUT2D eigenvalue weighted by Gasteiger charge is 2.16. The number of nitrogens with one attached hydrogen (secondary N) is 1. The van der Waals surface area contributed by atoms with Crippen LogP contribution in [0, 0.1) is 13.8 Å². The van der Waals surface area contributed by atoms with E-state index in [1.165, 1.54) is 12.7 Å². The van der Waals surface area contributed by atoms with Crippen LogP contribution < -0.4 is 5.32 Å². The van der Waals surface area contributed by atoms with Crippen molar-refractivity contribution < 1.29 is 14.3 Å². The zero-order valence-electron chi connectivity index (χ0n) is 15.8. The molecule has 0 aliphatic heterocycles. The van der Waals surface area contributed by atoms with Gasteiger partial charge in [-0.05, 0) is 49.6 Å². The molecule has 1 amide bonds. The molecule has 0 aromatic heterocycles. The van der Waals surface area contributed by atoms with Crippen LogP contribution in [0.3, 0.4) is 0 Å². The fourth-order valence-corrected chi connectivity index (χ4v) is 2.68. The van der Waals surface area contributed by atoms with E-state index in [1.54, 1.807) is 11.9 Å². The largest absolute Gasteiger partial charge is 0.469 e. The van der Waals surface area contributed by atoms with Crippen molar-refractivity contribution in [1.29, 1.82) is 0 Å². The first-order valence-electron chi connectivity index (χ1n) is 8.68. The summed E-state index contributed by atoms with van der Waals surface area (Å²) in [6.45, 7) is 4.61. The van der Waals surface area contributed by atoms with Gasteiger partial charge in [-0.25, -0.2) is 0 Å². The molecule has 0 saturated heterocycles. The fourth-order valence-electron chi connectivity index (χ4n) is 2.68. The Bertz CT molecular complexity index is 787. The van der Waals surface area contributed by atoms with Crippen LogP contribution in [0.1, 0.15) is 34.3 Å². The van der Waals surface area contributed by atoms with Gasteiger partial charge in [-0.15, -0.1) is 0 Å². The molecule has 0 bridgehead atoms. The topological polar surface area (TPSA) is 58.6 Å². The van der Waals surface area contributed by atoms with Gasteiger partial charge in [0.2, 0.25) is 0 Å². The number of anilines is 2. The van der Waals surface area contributed by atoms with E-state index in [4.69, 9.17) is 0 Å². The number of rotatable bonds is 7. The van der Waals surface area contributed by atoms with Crippen LogP contribution in [-0.2, 0) is 9.53 Å². The van der Waals surface area contributed by atoms with E-state index in [0.29, 0.717) is 24.9 Å². The third-order valence-electron chi connectivity index (χ3n) is 4.48. The molecule has 5 heteroatoms. The molecule has 0 radical (unpaired) electrons. The van der Waals surface area contributed by atoms with Crippen molar-refractivity contribution >= 4 is 23.3 Å². The summed E-state index contributed by atoms with van der Waals surface area (Å²) in [6, 6.07) is 13.5. The molecule has 0 unspecified atom stereocenters. The van der Waals surface area contributed by atoms with Crippen molar-refractivity contribution in [3.63, 3.8) is 0 Å². The van der Waals surface area contributed by atoms with Crippen molar-refractivity contribution in [2.24, 2.45) is 0 Å². The van der Waals surface area contributed by atoms with E-state index in [1.807, 2.05) is 36.4 Å². The molecule has 2 aromatic rings. The molecule has 0 aliphatic carbocycles. The first-order valence-corrected chi connectivity index (χ1v) is 8.68. The van der Waals surface area contributed by atoms with Crippen LogP contribution in [0.25, 0.3) is 0 Å². The van der Waals surface area contributed by atoms with Gasteiger partial charge in [-0.3, -0.25) is 9.59 Å². The number of amides is 1. The summed E-state index contributed by atoms with van der Waals surface area (Å²) < 4.78 is 4.63. The minimum atomic E-state index is -0.261. The van der Waals surface area contributed by atoms with Gasteiger partial charge in [0.15, 0.2) is 0 Å². The number of esters is 1. The molecule has 0 atom stereocenters. The van der Waals surface area contributed by atoms with Gasteiger partial charge in [0.1, 0.15) is 0 Å². The van der Waals surface area contributed by atoms with Crippen molar-refractivity contribution in [2.45, 2.75) is 26.7 Å². The highest BCUT2D eigenvalue weighted by Crippen LogP contribution is 2.26. The Kier molecular flexibility index (Phi) is 6.78. The second kappa shape index (κ2) is 9.04. The SMILES string of the molecule is COC(=O)CCCN(C)C(=O)c1ccccc1Nc1cccc(C)c1C. The lowest BCUT2D eigenvalue weighted by molar-refractivity contribution is -0.140. The lowest BCUT2D eigenvalue weighted by Gasteiger charge is -2.20. The van der Waals surface area contributed by atoms with Gasteiger partial charge in [0, 0.05) is 25.7 Å². The van der Waals surface area contributed by atoms with Crippen molar-refractivity contribution in [2.75, 3.05) is 26.0 Å². The number of carbonyl (C=O) groups is 2. The van der Waals surface area contributed by atoms with Gasteiger partial charge in [-0.2, -0.15) is 0 Å². The molecule has 0 saturated carbocycles. The molecule has 0 heterocycles. The molecule has 26 heavy (non-hydrogen) atoms. The van der Waals surface area contributed by atoms with Crippen LogP contribution in [0.2, 0.25) is 0 Å². The predicted molar refractivity (Wildman–Crippen MR) is 104 cm³/mol. The van der Waals surface area contributed by atoms with E-state index in [-0.39, 0.29) is 11.9 Å². The summed E-state index contributed by atoms with van der Waals surface area (Å²) in [4.78, 5) is 25.7. The monoisotopic (exact) mass is 354 g/mol. The number of para-hydroxylation sites is 1. The minimum Gasteiger partial charge on any atom is -0.469 e. The molecule has 5 nitrogen and oxygen atoms in total. The Hall–Kier alpha value is -2.82. The molecular weight excluding hydrogens is 328 g/mol. The van der Waals surface area contributed by atoms with Gasteiger partial charge in [-0.1, -0.05) is 24.3 Å². The molecule has 138 valence electrons. The average Bonchev–Trinajstić information content (AvgIpc) is 2.65. The summed E-state index contributed by atoms with van der Waals surface area (Å²) in [5.41, 5.74) is 4.71. The number of aryl methyl sites for hydroxylation is 1. The Balaban J connectivity index is 2.13. The Labute approximate surface area is 155 Å². The quantitative estimate of drug-likeness (QED) is 0.762. The Morgan fingerprint density at radius 3 is 2.46 bits per heavy atom. The van der Waals surface area contributed by atoms with E-state index in [2.05, 4.69) is 30.0 Å². The Morgan fingerprint density at radius 2 is 1.73 bits per heavy atom. The summed E-state index contributed by atoms with van der Waals surface area (Å²) in [6.07, 6.45) is 0.873. The normalized spacial score (nSPS) is 10.3. The maximum absolute atomic E-state index is 12.8. The third kappa shape index (κ3) is 4.85. The number of hydrogen-bond acceptors (Lipinski definition) is 4. The first kappa shape index (κ1) is 19.5. The molecule has 1 N–H and O–H groups in total. The molecule has 2 rings (SSSR count). The predicted octanol–water partition coefficient (Wildman–Crippen LogP) is 4.07. The van der Waals surface area contributed by atoms with Crippen molar-refractivity contribution in [3.8, 4) is 0 Å². The molecule has 0 aliphatic rings. The smallest absolute Gasteiger partial charge is 0.305 e. The highest BCUT2D eigenvalue weighted by molar-refractivity contribution is 6.00. The van der Waals surface area contributed by atoms with E-state index in [0.717, 1.165) is 16.9 Å². The second-order valence-electron chi connectivity index (χ2n) is 6.32. The van der Waals surface area contributed by atoms with Crippen LogP contribution in [0.4, 0.5) is 11.4 Å². The number of nitrogens with zero attached hydrogens (tertiary/aromatic N) is 1. The third-order valence-corrected chi connectivity index (χ3v) is 4.48. The summed E-state index contributed by atoms with van der Waals surface area (Å²) >= 11 is 0. The maximum atomic E-state index is 12.8. The zero-order valence-corrected chi connectivity index (χ0v) is 15.8. The van der Waals surface area contributed by atoms with Gasteiger partial charge in [0.25, 0.3) is 5.91 Å². The Morgan fingerprint density at radius 1 is 1.04 bits per heavy atom. The van der Waals surface area contributed by atoms with Crippen molar-refractivity contribution in [1.82, 2.24) is 4.90 Å². The summed E-state index contributed by atoms with van der Waals surface area (Å²) in [5, 5.41) is 3.38. The highest BCUT2D eigenvalue weighted by atomic mass is 16.5. The van der Waals surface area contributed by atoms with E-state index >= 15 is 0 Å². The standard InChI is InChI=1S/C21H26N2O3/c1-15-9-7-12-18(16(15)2)22-19-11-6-5-10-17(19)21(25)23(3)14-8-13-20(24)26-4/h5-7,9-12,22H,8,13-14H2,1-4H3. The maximum Gasteiger partial charge on any atom is 0.305 e. The number of carbonyl (C=O) groups excluding carboxylic acids is 2. The minimum absolute atomic E-state index is 0.0803. The van der Waals surface area contributed by atoms with E-state index < -0.39 is 0 Å². The van der Waals surface area contributed by atoms with Gasteiger partial charge in [0.05, 0.1) is 18.4 Å². The lowest BCUT2D eigenvalue weighted by atomic mass is 10.1. The number of benzene rings is 2. The number of ether oxygens (including phenoxy) is 1. The second-order valence-corrected chi connectivity index (χ2v) is 6.32. The van der Waals surface area contributed by atoms with Gasteiger partial charge >= 0.3 is 5.97 Å². The molecule has 0 fully saturated rings. The summed E-state index contributed by atoms with van der Waals surface area (Å²) in [5.74, 6) is -0.342. The van der Waals surface area contributed by atoms with Gasteiger partial charge < -0.3 is 15.0 Å². The molecule has 2 aromatic carbocycles. The average molecular weight is 354 g/mol. The molecule has 0 spiro atoms. The van der Waals surface area contributed by atoms with Crippen LogP contribution in [0.15, 0.2) is 42.5 Å². The number of methoxy groups -OCH3 is 1. The van der Waals surface area contributed by atoms with E-state index in [9.17, 15) is 9.59 Å².